The van der Waals surface area contributed by atoms with Crippen molar-refractivity contribution >= 4 is 16.7 Å². The van der Waals surface area contributed by atoms with Crippen molar-refractivity contribution < 1.29 is 4.79 Å². The molecular weight excluding hydrogens is 210 g/mol. The van der Waals surface area contributed by atoms with Crippen LogP contribution in [0.4, 0.5) is 0 Å². The van der Waals surface area contributed by atoms with Gasteiger partial charge in [0.25, 0.3) is 0 Å². The second-order valence-electron chi connectivity index (χ2n) is 5.04. The zero-order chi connectivity index (χ0) is 12.0. The maximum atomic E-state index is 12.2. The van der Waals surface area contributed by atoms with E-state index < -0.39 is 0 Å². The van der Waals surface area contributed by atoms with Crippen molar-refractivity contribution in [3.63, 3.8) is 0 Å². The Morgan fingerprint density at radius 1 is 1.35 bits per heavy atom. The summed E-state index contributed by atoms with van der Waals surface area (Å²) in [7, 11) is 0. The van der Waals surface area contributed by atoms with E-state index in [0.29, 0.717) is 18.1 Å². The van der Waals surface area contributed by atoms with Gasteiger partial charge in [-0.15, -0.1) is 0 Å². The number of carbonyl (C=O) groups excluding carboxylic acids is 1. The molecule has 1 aromatic carbocycles. The molecule has 0 amide bonds. The zero-order valence-electron chi connectivity index (χ0n) is 10.4. The summed E-state index contributed by atoms with van der Waals surface area (Å²) in [6, 6.07) is 8.38. The van der Waals surface area contributed by atoms with Crippen LogP contribution in [0.15, 0.2) is 24.3 Å². The maximum Gasteiger partial charge on any atom is 0.179 e. The van der Waals surface area contributed by atoms with E-state index in [9.17, 15) is 4.79 Å². The van der Waals surface area contributed by atoms with Crippen molar-refractivity contribution in [1.29, 1.82) is 0 Å². The second-order valence-corrected chi connectivity index (χ2v) is 5.04. The first-order valence-electron chi connectivity index (χ1n) is 6.35. The molecule has 0 saturated carbocycles. The number of carbonyl (C=O) groups is 1. The fourth-order valence-corrected chi connectivity index (χ4v) is 3.03. The number of para-hydroxylation sites is 1. The second kappa shape index (κ2) is 3.73. The Kier molecular flexibility index (Phi) is 2.32. The summed E-state index contributed by atoms with van der Waals surface area (Å²) in [5, 5.41) is 1.26. The summed E-state index contributed by atoms with van der Waals surface area (Å²) >= 11 is 0. The lowest BCUT2D eigenvalue weighted by Gasteiger charge is -2.21. The van der Waals surface area contributed by atoms with E-state index in [1.165, 1.54) is 16.5 Å². The molecule has 2 nitrogen and oxygen atoms in total. The van der Waals surface area contributed by atoms with Crippen LogP contribution in [-0.4, -0.2) is 10.4 Å². The summed E-state index contributed by atoms with van der Waals surface area (Å²) in [5.41, 5.74) is 3.42. The summed E-state index contributed by atoms with van der Waals surface area (Å²) in [6.45, 7) is 5.26. The molecule has 0 N–H and O–H groups in total. The average molecular weight is 227 g/mol. The molecule has 0 spiro atoms. The summed E-state index contributed by atoms with van der Waals surface area (Å²) in [6.07, 6.45) is 1.63. The van der Waals surface area contributed by atoms with Crippen LogP contribution in [0.5, 0.6) is 0 Å². The van der Waals surface area contributed by atoms with Gasteiger partial charge in [-0.3, -0.25) is 4.79 Å². The van der Waals surface area contributed by atoms with Crippen LogP contribution in [0.1, 0.15) is 36.3 Å². The van der Waals surface area contributed by atoms with E-state index in [2.05, 4.69) is 42.7 Å². The largest absolute Gasteiger partial charge is 0.338 e. The summed E-state index contributed by atoms with van der Waals surface area (Å²) in [4.78, 5) is 12.2. The van der Waals surface area contributed by atoms with Crippen LogP contribution in [-0.2, 0) is 13.0 Å². The maximum absolute atomic E-state index is 12.2. The Morgan fingerprint density at radius 3 is 2.88 bits per heavy atom. The highest BCUT2D eigenvalue weighted by molar-refractivity contribution is 6.03. The molecule has 0 bridgehead atoms. The van der Waals surface area contributed by atoms with Gasteiger partial charge in [-0.1, -0.05) is 32.0 Å². The molecule has 2 aromatic rings. The van der Waals surface area contributed by atoms with Gasteiger partial charge in [-0.2, -0.15) is 0 Å². The van der Waals surface area contributed by atoms with Crippen LogP contribution in [0.25, 0.3) is 10.9 Å². The third kappa shape index (κ3) is 1.43. The van der Waals surface area contributed by atoms with Crippen LogP contribution >= 0.6 is 0 Å². The molecule has 2 heteroatoms. The monoisotopic (exact) mass is 227 g/mol. The van der Waals surface area contributed by atoms with Gasteiger partial charge in [0.2, 0.25) is 0 Å². The van der Waals surface area contributed by atoms with Gasteiger partial charge in [0.15, 0.2) is 5.78 Å². The highest BCUT2D eigenvalue weighted by Gasteiger charge is 2.27. The number of hydrogen-bond acceptors (Lipinski definition) is 1. The normalized spacial score (nSPS) is 19.6. The van der Waals surface area contributed by atoms with Gasteiger partial charge >= 0.3 is 0 Å². The first kappa shape index (κ1) is 10.6. The van der Waals surface area contributed by atoms with Gasteiger partial charge in [0, 0.05) is 23.9 Å². The molecule has 1 aromatic heterocycles. The topological polar surface area (TPSA) is 22.0 Å². The van der Waals surface area contributed by atoms with Gasteiger partial charge < -0.3 is 4.57 Å². The fourth-order valence-electron chi connectivity index (χ4n) is 3.03. The minimum atomic E-state index is 0.316. The van der Waals surface area contributed by atoms with Crippen LogP contribution in [0.2, 0.25) is 0 Å². The highest BCUT2D eigenvalue weighted by atomic mass is 16.1. The number of aryl methyl sites for hydroxylation is 1. The molecular formula is C15H17NO. The lowest BCUT2D eigenvalue weighted by Crippen LogP contribution is -2.23. The fraction of sp³-hybridized carbons (Fsp3) is 0.400. The standard InChI is InChI=1S/C15H17NO/c1-3-11-12-6-4-5-7-13(12)16-9-10(2)8-14(17)15(11)16/h4-7,10H,3,8-9H2,1-2H3. The van der Waals surface area contributed by atoms with E-state index in [-0.39, 0.29) is 0 Å². The van der Waals surface area contributed by atoms with E-state index in [1.54, 1.807) is 0 Å². The minimum absolute atomic E-state index is 0.316. The van der Waals surface area contributed by atoms with E-state index in [4.69, 9.17) is 0 Å². The molecule has 0 saturated heterocycles. The number of nitrogens with zero attached hydrogens (tertiary/aromatic N) is 1. The average Bonchev–Trinajstić information content (AvgIpc) is 2.63. The molecule has 88 valence electrons. The summed E-state index contributed by atoms with van der Waals surface area (Å²) in [5.74, 6) is 0.771. The predicted octanol–water partition coefficient (Wildman–Crippen LogP) is 3.43. The Bertz CT molecular complexity index is 594. The third-order valence-corrected chi connectivity index (χ3v) is 3.72. The quantitative estimate of drug-likeness (QED) is 0.731. The van der Waals surface area contributed by atoms with Crippen molar-refractivity contribution in [3.8, 4) is 0 Å². The Balaban J connectivity index is 2.38. The highest BCUT2D eigenvalue weighted by Crippen LogP contribution is 2.32. The molecule has 2 heterocycles. The Hall–Kier alpha value is -1.57. The van der Waals surface area contributed by atoms with Crippen LogP contribution in [0, 0.1) is 5.92 Å². The van der Waals surface area contributed by atoms with E-state index >= 15 is 0 Å². The van der Waals surface area contributed by atoms with E-state index in [0.717, 1.165) is 18.7 Å². The van der Waals surface area contributed by atoms with Crippen molar-refractivity contribution in [3.05, 3.63) is 35.5 Å². The first-order valence-corrected chi connectivity index (χ1v) is 6.35. The van der Waals surface area contributed by atoms with E-state index in [1.807, 2.05) is 0 Å². The molecule has 17 heavy (non-hydrogen) atoms. The molecule has 1 atom stereocenters. The third-order valence-electron chi connectivity index (χ3n) is 3.72. The lowest BCUT2D eigenvalue weighted by molar-refractivity contribution is 0.0929. The minimum Gasteiger partial charge on any atom is -0.338 e. The van der Waals surface area contributed by atoms with Gasteiger partial charge in [0.05, 0.1) is 5.69 Å². The number of rotatable bonds is 1. The Labute approximate surface area is 101 Å². The number of ketones is 1. The smallest absolute Gasteiger partial charge is 0.179 e. The number of benzene rings is 1. The molecule has 1 unspecified atom stereocenters. The molecule has 1 aliphatic rings. The van der Waals surface area contributed by atoms with Gasteiger partial charge in [-0.05, 0) is 24.0 Å². The SMILES string of the molecule is CCc1c2n(c3ccccc13)CC(C)CC2=O. The molecule has 0 fully saturated rings. The number of fused-ring (bicyclic) bond motifs is 3. The van der Waals surface area contributed by atoms with Gasteiger partial charge in [0.1, 0.15) is 0 Å². The first-order chi connectivity index (χ1) is 8.22. The van der Waals surface area contributed by atoms with Crippen molar-refractivity contribution in [2.75, 3.05) is 0 Å². The molecule has 1 aliphatic heterocycles. The number of aromatic nitrogens is 1. The molecule has 0 aliphatic carbocycles. The van der Waals surface area contributed by atoms with Crippen molar-refractivity contribution in [1.82, 2.24) is 4.57 Å². The Morgan fingerprint density at radius 2 is 2.12 bits per heavy atom. The lowest BCUT2D eigenvalue weighted by atomic mass is 9.96. The molecule has 3 rings (SSSR count). The van der Waals surface area contributed by atoms with Crippen molar-refractivity contribution in [2.24, 2.45) is 5.92 Å². The predicted molar refractivity (Wildman–Crippen MR) is 69.4 cm³/mol. The summed E-state index contributed by atoms with van der Waals surface area (Å²) < 4.78 is 2.23. The number of hydrogen-bond donors (Lipinski definition) is 0. The zero-order valence-corrected chi connectivity index (χ0v) is 10.4. The van der Waals surface area contributed by atoms with Crippen molar-refractivity contribution in [2.45, 2.75) is 33.2 Å². The van der Waals surface area contributed by atoms with Crippen LogP contribution in [0.3, 0.4) is 0 Å². The van der Waals surface area contributed by atoms with Gasteiger partial charge in [-0.25, -0.2) is 0 Å². The molecule has 0 radical (unpaired) electrons. The number of Topliss-reactive ketones (excluding diaryl/α,β-unsaturated/α-hetero) is 1. The van der Waals surface area contributed by atoms with Crippen LogP contribution < -0.4 is 0 Å².